The monoisotopic (exact) mass is 261 g/mol. The number of amides is 2. The lowest BCUT2D eigenvalue weighted by Gasteiger charge is -2.32. The van der Waals surface area contributed by atoms with E-state index in [0.29, 0.717) is 18.1 Å². The van der Waals surface area contributed by atoms with Crippen LogP contribution in [0.15, 0.2) is 0 Å². The first kappa shape index (κ1) is 13.8. The SMILES string of the molecule is NCC(=O)NCC(=O)N1CCSCC1C(=O)O. The van der Waals surface area contributed by atoms with Crippen LogP contribution in [0.1, 0.15) is 0 Å². The highest BCUT2D eigenvalue weighted by Crippen LogP contribution is 2.16. The number of hydrogen-bond acceptors (Lipinski definition) is 5. The maximum Gasteiger partial charge on any atom is 0.327 e. The predicted molar refractivity (Wildman–Crippen MR) is 62.5 cm³/mol. The Kier molecular flexibility index (Phi) is 5.23. The van der Waals surface area contributed by atoms with Crippen LogP contribution in [0.2, 0.25) is 0 Å². The van der Waals surface area contributed by atoms with Gasteiger partial charge in [0.25, 0.3) is 0 Å². The third-order valence-corrected chi connectivity index (χ3v) is 3.38. The van der Waals surface area contributed by atoms with Crippen molar-refractivity contribution >= 4 is 29.5 Å². The average molecular weight is 261 g/mol. The maximum absolute atomic E-state index is 11.7. The maximum atomic E-state index is 11.7. The van der Waals surface area contributed by atoms with E-state index in [1.165, 1.54) is 16.7 Å². The van der Waals surface area contributed by atoms with Gasteiger partial charge in [0.1, 0.15) is 6.04 Å². The lowest BCUT2D eigenvalue weighted by molar-refractivity contribution is -0.149. The Hall–Kier alpha value is -1.28. The van der Waals surface area contributed by atoms with Crippen molar-refractivity contribution in [2.24, 2.45) is 5.73 Å². The molecule has 0 aliphatic carbocycles. The molecule has 0 aromatic heterocycles. The molecular weight excluding hydrogens is 246 g/mol. The van der Waals surface area contributed by atoms with E-state index >= 15 is 0 Å². The van der Waals surface area contributed by atoms with E-state index in [2.05, 4.69) is 5.32 Å². The molecule has 7 nitrogen and oxygen atoms in total. The second-order valence-corrected chi connectivity index (χ2v) is 4.65. The highest BCUT2D eigenvalue weighted by atomic mass is 32.2. The summed E-state index contributed by atoms with van der Waals surface area (Å²) in [5, 5.41) is 11.3. The van der Waals surface area contributed by atoms with Gasteiger partial charge in [-0.15, -0.1) is 0 Å². The fourth-order valence-electron chi connectivity index (χ4n) is 1.45. The van der Waals surface area contributed by atoms with Crippen molar-refractivity contribution in [2.75, 3.05) is 31.1 Å². The summed E-state index contributed by atoms with van der Waals surface area (Å²) in [5.74, 6) is -0.751. The van der Waals surface area contributed by atoms with Gasteiger partial charge in [-0.05, 0) is 0 Å². The van der Waals surface area contributed by atoms with Gasteiger partial charge in [-0.1, -0.05) is 0 Å². The predicted octanol–water partition coefficient (Wildman–Crippen LogP) is -1.91. The largest absolute Gasteiger partial charge is 0.480 e. The number of carbonyl (C=O) groups excluding carboxylic acids is 2. The molecule has 0 aromatic rings. The number of nitrogens with one attached hydrogen (secondary N) is 1. The minimum Gasteiger partial charge on any atom is -0.480 e. The molecule has 96 valence electrons. The van der Waals surface area contributed by atoms with Crippen LogP contribution in [0.25, 0.3) is 0 Å². The standard InChI is InChI=1S/C9H15N3O4S/c10-3-7(13)11-4-8(14)12-1-2-17-5-6(12)9(15)16/h6H,1-5,10H2,(H,11,13)(H,15,16). The number of aliphatic carboxylic acids is 1. The van der Waals surface area contributed by atoms with Crippen molar-refractivity contribution in [1.82, 2.24) is 10.2 Å². The van der Waals surface area contributed by atoms with Crippen molar-refractivity contribution in [3.8, 4) is 0 Å². The van der Waals surface area contributed by atoms with Gasteiger partial charge in [-0.25, -0.2) is 4.79 Å². The van der Waals surface area contributed by atoms with Crippen molar-refractivity contribution in [1.29, 1.82) is 0 Å². The van der Waals surface area contributed by atoms with Gasteiger partial charge in [-0.2, -0.15) is 11.8 Å². The first-order chi connectivity index (χ1) is 8.06. The minimum atomic E-state index is -1.02. The Morgan fingerprint density at radius 2 is 2.18 bits per heavy atom. The van der Waals surface area contributed by atoms with Gasteiger partial charge < -0.3 is 21.1 Å². The van der Waals surface area contributed by atoms with Crippen molar-refractivity contribution in [3.63, 3.8) is 0 Å². The Bertz CT molecular complexity index is 323. The summed E-state index contributed by atoms with van der Waals surface area (Å²) < 4.78 is 0. The highest BCUT2D eigenvalue weighted by molar-refractivity contribution is 7.99. The molecule has 0 bridgehead atoms. The van der Waals surface area contributed by atoms with Crippen molar-refractivity contribution in [3.05, 3.63) is 0 Å². The molecule has 1 aliphatic rings. The zero-order chi connectivity index (χ0) is 12.8. The number of carbonyl (C=O) groups is 3. The summed E-state index contributed by atoms with van der Waals surface area (Å²) >= 11 is 1.50. The Labute approximate surface area is 103 Å². The van der Waals surface area contributed by atoms with Crippen molar-refractivity contribution in [2.45, 2.75) is 6.04 Å². The summed E-state index contributed by atoms with van der Waals surface area (Å²) in [7, 11) is 0. The summed E-state index contributed by atoms with van der Waals surface area (Å²) in [6.07, 6.45) is 0. The highest BCUT2D eigenvalue weighted by Gasteiger charge is 2.32. The summed E-state index contributed by atoms with van der Waals surface area (Å²) in [6.45, 7) is -0.00503. The van der Waals surface area contributed by atoms with Crippen LogP contribution in [0.3, 0.4) is 0 Å². The summed E-state index contributed by atoms with van der Waals surface area (Å²) in [5.41, 5.74) is 5.08. The van der Waals surface area contributed by atoms with Gasteiger partial charge in [0.2, 0.25) is 11.8 Å². The average Bonchev–Trinajstić information content (AvgIpc) is 2.35. The summed E-state index contributed by atoms with van der Waals surface area (Å²) in [6, 6.07) is -0.809. The van der Waals surface area contributed by atoms with E-state index in [1.807, 2.05) is 0 Å². The molecule has 1 aliphatic heterocycles. The van der Waals surface area contributed by atoms with E-state index in [-0.39, 0.29) is 19.0 Å². The van der Waals surface area contributed by atoms with E-state index in [4.69, 9.17) is 10.8 Å². The van der Waals surface area contributed by atoms with Crippen LogP contribution in [-0.2, 0) is 14.4 Å². The third kappa shape index (κ3) is 3.90. The fourth-order valence-corrected chi connectivity index (χ4v) is 2.49. The van der Waals surface area contributed by atoms with E-state index < -0.39 is 17.9 Å². The van der Waals surface area contributed by atoms with Crippen LogP contribution in [0.4, 0.5) is 0 Å². The quantitative estimate of drug-likeness (QED) is 0.544. The van der Waals surface area contributed by atoms with Gasteiger partial charge in [0.05, 0.1) is 13.1 Å². The molecule has 8 heteroatoms. The zero-order valence-corrected chi connectivity index (χ0v) is 10.0. The zero-order valence-electron chi connectivity index (χ0n) is 9.22. The molecule has 4 N–H and O–H groups in total. The number of carboxylic acids is 1. The number of nitrogens with two attached hydrogens (primary N) is 1. The molecule has 0 radical (unpaired) electrons. The van der Waals surface area contributed by atoms with E-state index in [0.717, 1.165) is 0 Å². The molecule has 1 rings (SSSR count). The van der Waals surface area contributed by atoms with Crippen LogP contribution in [0.5, 0.6) is 0 Å². The Morgan fingerprint density at radius 1 is 1.47 bits per heavy atom. The molecule has 1 fully saturated rings. The normalized spacial score (nSPS) is 19.8. The molecule has 1 heterocycles. The number of thioether (sulfide) groups is 1. The lowest BCUT2D eigenvalue weighted by Crippen LogP contribution is -2.53. The second kappa shape index (κ2) is 6.45. The van der Waals surface area contributed by atoms with Gasteiger partial charge in [0.15, 0.2) is 0 Å². The van der Waals surface area contributed by atoms with Crippen LogP contribution >= 0.6 is 11.8 Å². The van der Waals surface area contributed by atoms with E-state index in [9.17, 15) is 14.4 Å². The molecule has 1 saturated heterocycles. The smallest absolute Gasteiger partial charge is 0.327 e. The van der Waals surface area contributed by atoms with Crippen LogP contribution in [0, 0.1) is 0 Å². The van der Waals surface area contributed by atoms with Gasteiger partial charge >= 0.3 is 5.97 Å². The first-order valence-corrected chi connectivity index (χ1v) is 6.28. The first-order valence-electron chi connectivity index (χ1n) is 5.13. The molecule has 1 atom stereocenters. The molecule has 0 aromatic carbocycles. The summed E-state index contributed by atoms with van der Waals surface area (Å²) in [4.78, 5) is 34.9. The Balaban J connectivity index is 2.53. The van der Waals surface area contributed by atoms with Crippen molar-refractivity contribution < 1.29 is 19.5 Å². The van der Waals surface area contributed by atoms with Gasteiger partial charge in [0, 0.05) is 18.1 Å². The molecule has 1 unspecified atom stereocenters. The molecular formula is C9H15N3O4S. The van der Waals surface area contributed by atoms with Crippen LogP contribution < -0.4 is 11.1 Å². The fraction of sp³-hybridized carbons (Fsp3) is 0.667. The second-order valence-electron chi connectivity index (χ2n) is 3.50. The minimum absolute atomic E-state index is 0.189. The molecule has 2 amide bonds. The topological polar surface area (TPSA) is 113 Å². The van der Waals surface area contributed by atoms with E-state index in [1.54, 1.807) is 0 Å². The third-order valence-electron chi connectivity index (χ3n) is 2.36. The number of rotatable bonds is 4. The van der Waals surface area contributed by atoms with Gasteiger partial charge in [-0.3, -0.25) is 9.59 Å². The lowest BCUT2D eigenvalue weighted by atomic mass is 10.2. The number of nitrogens with zero attached hydrogens (tertiary/aromatic N) is 1. The van der Waals surface area contributed by atoms with Crippen LogP contribution in [-0.4, -0.2) is 65.0 Å². The number of hydrogen-bond donors (Lipinski definition) is 3. The molecule has 17 heavy (non-hydrogen) atoms. The Morgan fingerprint density at radius 3 is 2.76 bits per heavy atom. The molecule has 0 saturated carbocycles. The number of carboxylic acid groups (broad SMARTS) is 1. The molecule has 0 spiro atoms.